The van der Waals surface area contributed by atoms with Crippen molar-refractivity contribution in [1.29, 1.82) is 0 Å². The van der Waals surface area contributed by atoms with Gasteiger partial charge in [-0.3, -0.25) is 19.9 Å². The van der Waals surface area contributed by atoms with Crippen LogP contribution in [0.1, 0.15) is 33.1 Å². The number of amides is 1. The van der Waals surface area contributed by atoms with Gasteiger partial charge in [0.25, 0.3) is 5.91 Å². The number of nitrogens with one attached hydrogen (secondary N) is 3. The Balaban J connectivity index is 1.45. The molecule has 0 radical (unpaired) electrons. The lowest BCUT2D eigenvalue weighted by Gasteiger charge is -2.08. The standard InChI is InChI=1S/C22H22N8O/c1-13-4-5-16(10-23-13)11-25-22(31)18-7-6-17(12-24-18)21-26-14(2)8-19(28-21)27-20-9-15(3)29-30-20/h4-10,12H,11H2,1-3H3,(H,25,31)(H2,26,27,28,29,30). The van der Waals surface area contributed by atoms with Crippen molar-refractivity contribution in [1.82, 2.24) is 35.5 Å². The Morgan fingerprint density at radius 3 is 2.48 bits per heavy atom. The highest BCUT2D eigenvalue weighted by Gasteiger charge is 2.11. The summed E-state index contributed by atoms with van der Waals surface area (Å²) in [4.78, 5) is 29.9. The van der Waals surface area contributed by atoms with Crippen LogP contribution in [-0.2, 0) is 6.54 Å². The fourth-order valence-electron chi connectivity index (χ4n) is 2.91. The zero-order chi connectivity index (χ0) is 21.8. The van der Waals surface area contributed by atoms with E-state index in [9.17, 15) is 4.79 Å². The minimum Gasteiger partial charge on any atom is -0.347 e. The van der Waals surface area contributed by atoms with Crippen LogP contribution >= 0.6 is 0 Å². The molecule has 4 heterocycles. The summed E-state index contributed by atoms with van der Waals surface area (Å²) in [6.45, 7) is 6.12. The van der Waals surface area contributed by atoms with Gasteiger partial charge in [0.15, 0.2) is 11.6 Å². The smallest absolute Gasteiger partial charge is 0.270 e. The molecule has 0 aliphatic heterocycles. The van der Waals surface area contributed by atoms with Crippen LogP contribution in [0.25, 0.3) is 11.4 Å². The van der Waals surface area contributed by atoms with Gasteiger partial charge in [0.05, 0.1) is 0 Å². The molecule has 1 amide bonds. The van der Waals surface area contributed by atoms with Crippen LogP contribution in [0.5, 0.6) is 0 Å². The average molecular weight is 414 g/mol. The summed E-state index contributed by atoms with van der Waals surface area (Å²) in [6, 6.07) is 11.0. The van der Waals surface area contributed by atoms with E-state index in [2.05, 4.69) is 40.8 Å². The minimum atomic E-state index is -0.256. The second-order valence-electron chi connectivity index (χ2n) is 7.20. The van der Waals surface area contributed by atoms with Gasteiger partial charge in [-0.15, -0.1) is 0 Å². The molecule has 0 bridgehead atoms. The zero-order valence-electron chi connectivity index (χ0n) is 17.5. The average Bonchev–Trinajstić information content (AvgIpc) is 3.17. The number of carbonyl (C=O) groups excluding carboxylic acids is 1. The topological polar surface area (TPSA) is 121 Å². The molecule has 0 fully saturated rings. The van der Waals surface area contributed by atoms with Crippen LogP contribution < -0.4 is 10.6 Å². The number of rotatable bonds is 6. The van der Waals surface area contributed by atoms with Gasteiger partial charge in [-0.2, -0.15) is 5.10 Å². The quantitative estimate of drug-likeness (QED) is 0.443. The Labute approximate surface area is 179 Å². The van der Waals surface area contributed by atoms with E-state index >= 15 is 0 Å². The lowest BCUT2D eigenvalue weighted by Crippen LogP contribution is -2.23. The van der Waals surface area contributed by atoms with Gasteiger partial charge in [-0.25, -0.2) is 9.97 Å². The summed E-state index contributed by atoms with van der Waals surface area (Å²) < 4.78 is 0. The van der Waals surface area contributed by atoms with Crippen molar-refractivity contribution < 1.29 is 4.79 Å². The minimum absolute atomic E-state index is 0.256. The van der Waals surface area contributed by atoms with Crippen molar-refractivity contribution in [2.75, 3.05) is 5.32 Å². The van der Waals surface area contributed by atoms with Gasteiger partial charge in [-0.1, -0.05) is 6.07 Å². The molecule has 9 heteroatoms. The fourth-order valence-corrected chi connectivity index (χ4v) is 2.91. The highest BCUT2D eigenvalue weighted by atomic mass is 16.1. The van der Waals surface area contributed by atoms with Crippen LogP contribution in [0.15, 0.2) is 48.8 Å². The summed E-state index contributed by atoms with van der Waals surface area (Å²) in [5, 5.41) is 13.0. The summed E-state index contributed by atoms with van der Waals surface area (Å²) in [6.07, 6.45) is 3.34. The molecule has 3 N–H and O–H groups in total. The van der Waals surface area contributed by atoms with E-state index in [0.717, 1.165) is 22.6 Å². The van der Waals surface area contributed by atoms with Crippen LogP contribution in [0.4, 0.5) is 11.6 Å². The van der Waals surface area contributed by atoms with E-state index < -0.39 is 0 Å². The third kappa shape index (κ3) is 5.08. The molecular weight excluding hydrogens is 392 g/mol. The van der Waals surface area contributed by atoms with E-state index in [1.54, 1.807) is 24.5 Å². The third-order valence-electron chi connectivity index (χ3n) is 4.50. The molecule has 31 heavy (non-hydrogen) atoms. The van der Waals surface area contributed by atoms with Crippen molar-refractivity contribution >= 4 is 17.5 Å². The number of pyridine rings is 2. The first kappa shape index (κ1) is 20.1. The predicted molar refractivity (Wildman–Crippen MR) is 117 cm³/mol. The number of nitrogens with zero attached hydrogens (tertiary/aromatic N) is 5. The van der Waals surface area contributed by atoms with E-state index in [1.807, 2.05) is 45.0 Å². The van der Waals surface area contributed by atoms with E-state index in [-0.39, 0.29) is 5.91 Å². The van der Waals surface area contributed by atoms with Crippen molar-refractivity contribution in [3.63, 3.8) is 0 Å². The summed E-state index contributed by atoms with van der Waals surface area (Å²) >= 11 is 0. The molecular formula is C22H22N8O. The molecule has 0 unspecified atom stereocenters. The number of aromatic nitrogens is 6. The highest BCUT2D eigenvalue weighted by molar-refractivity contribution is 5.92. The Morgan fingerprint density at radius 2 is 1.81 bits per heavy atom. The van der Waals surface area contributed by atoms with Gasteiger partial charge >= 0.3 is 0 Å². The van der Waals surface area contributed by atoms with Crippen molar-refractivity contribution in [2.45, 2.75) is 27.3 Å². The Morgan fingerprint density at radius 1 is 0.935 bits per heavy atom. The molecule has 0 aromatic carbocycles. The molecule has 156 valence electrons. The second kappa shape index (κ2) is 8.70. The molecule has 4 aromatic rings. The number of aryl methyl sites for hydroxylation is 3. The monoisotopic (exact) mass is 414 g/mol. The first-order chi connectivity index (χ1) is 15.0. The van der Waals surface area contributed by atoms with Crippen molar-refractivity contribution in [3.8, 4) is 11.4 Å². The van der Waals surface area contributed by atoms with Gasteiger partial charge in [0.1, 0.15) is 11.5 Å². The van der Waals surface area contributed by atoms with Gasteiger partial charge in [-0.05, 0) is 44.5 Å². The fraction of sp³-hybridized carbons (Fsp3) is 0.182. The second-order valence-corrected chi connectivity index (χ2v) is 7.20. The molecule has 0 saturated heterocycles. The van der Waals surface area contributed by atoms with Crippen LogP contribution in [0, 0.1) is 20.8 Å². The van der Waals surface area contributed by atoms with Gasteiger partial charge in [0, 0.05) is 53.7 Å². The van der Waals surface area contributed by atoms with E-state index in [0.29, 0.717) is 35.3 Å². The number of H-pyrrole nitrogens is 1. The molecule has 0 aliphatic rings. The normalized spacial score (nSPS) is 10.7. The summed E-state index contributed by atoms with van der Waals surface area (Å²) in [7, 11) is 0. The third-order valence-corrected chi connectivity index (χ3v) is 4.50. The zero-order valence-corrected chi connectivity index (χ0v) is 17.5. The highest BCUT2D eigenvalue weighted by Crippen LogP contribution is 2.20. The van der Waals surface area contributed by atoms with Gasteiger partial charge in [0.2, 0.25) is 0 Å². The summed E-state index contributed by atoms with van der Waals surface area (Å²) in [5.41, 5.74) is 4.64. The van der Waals surface area contributed by atoms with E-state index in [4.69, 9.17) is 0 Å². The summed E-state index contributed by atoms with van der Waals surface area (Å²) in [5.74, 6) is 1.56. The first-order valence-corrected chi connectivity index (χ1v) is 9.77. The molecule has 9 nitrogen and oxygen atoms in total. The number of hydrogen-bond acceptors (Lipinski definition) is 7. The predicted octanol–water partition coefficient (Wildman–Crippen LogP) is 3.26. The maximum Gasteiger partial charge on any atom is 0.270 e. The SMILES string of the molecule is Cc1ccc(CNC(=O)c2ccc(-c3nc(C)cc(Nc4cc(C)[nH]n4)n3)cn2)cn1. The molecule has 4 aromatic heterocycles. The number of anilines is 2. The number of hydrogen-bond donors (Lipinski definition) is 3. The molecule has 0 atom stereocenters. The maximum atomic E-state index is 12.4. The van der Waals surface area contributed by atoms with Crippen molar-refractivity contribution in [2.24, 2.45) is 0 Å². The number of aromatic amines is 1. The van der Waals surface area contributed by atoms with Gasteiger partial charge < -0.3 is 10.6 Å². The molecule has 4 rings (SSSR count). The largest absolute Gasteiger partial charge is 0.347 e. The first-order valence-electron chi connectivity index (χ1n) is 9.77. The Hall–Kier alpha value is -4.14. The molecule has 0 spiro atoms. The van der Waals surface area contributed by atoms with Crippen LogP contribution in [-0.4, -0.2) is 36.0 Å². The molecule has 0 aliphatic carbocycles. The Kier molecular flexibility index (Phi) is 5.65. The lowest BCUT2D eigenvalue weighted by atomic mass is 10.2. The number of carbonyl (C=O) groups is 1. The van der Waals surface area contributed by atoms with Crippen LogP contribution in [0.3, 0.4) is 0 Å². The Bertz CT molecular complexity index is 1200. The van der Waals surface area contributed by atoms with Crippen LogP contribution in [0.2, 0.25) is 0 Å². The molecule has 0 saturated carbocycles. The maximum absolute atomic E-state index is 12.4. The van der Waals surface area contributed by atoms with E-state index in [1.165, 1.54) is 0 Å². The lowest BCUT2D eigenvalue weighted by molar-refractivity contribution is 0.0946. The van der Waals surface area contributed by atoms with Crippen molar-refractivity contribution in [3.05, 3.63) is 77.1 Å².